The third kappa shape index (κ3) is 2.50. The first kappa shape index (κ1) is 15.1. The van der Waals surface area contributed by atoms with Crippen molar-refractivity contribution in [3.05, 3.63) is 29.9 Å². The molecule has 0 bridgehead atoms. The average molecular weight is 295 g/mol. The maximum absolute atomic E-state index is 8.49. The summed E-state index contributed by atoms with van der Waals surface area (Å²) >= 11 is 5.89. The van der Waals surface area contributed by atoms with Gasteiger partial charge in [0, 0.05) is 12.4 Å². The molecule has 1 unspecified atom stereocenters. The summed E-state index contributed by atoms with van der Waals surface area (Å²) in [5.74, 6) is 0.518. The first-order valence-corrected chi connectivity index (χ1v) is 7.73. The topological polar surface area (TPSA) is 37.0 Å². The van der Waals surface area contributed by atoms with Crippen molar-refractivity contribution in [1.29, 1.82) is 5.41 Å². The van der Waals surface area contributed by atoms with Crippen LogP contribution in [0.2, 0.25) is 0 Å². The molecule has 5 heteroatoms. The second-order valence-corrected chi connectivity index (χ2v) is 5.25. The number of rotatable bonds is 6. The van der Waals surface area contributed by atoms with Gasteiger partial charge >= 0.3 is 0 Å². The van der Waals surface area contributed by atoms with E-state index in [1.807, 2.05) is 16.7 Å². The van der Waals surface area contributed by atoms with Gasteiger partial charge in [-0.25, -0.2) is 0 Å². The summed E-state index contributed by atoms with van der Waals surface area (Å²) in [6.45, 7) is 9.07. The number of alkyl halides is 1. The standard InChI is InChI=1S/C15H23ClN4/c1-4-18(5-2)12(3)20-14-9-7-6-8-13(14)19(11-10-16)15(20)17/h6-9,12,17H,4-5,10-11H2,1-3H3. The molecule has 0 spiro atoms. The van der Waals surface area contributed by atoms with E-state index in [1.165, 1.54) is 0 Å². The van der Waals surface area contributed by atoms with Gasteiger partial charge in [0.25, 0.3) is 0 Å². The summed E-state index contributed by atoms with van der Waals surface area (Å²) in [6.07, 6.45) is 0.166. The summed E-state index contributed by atoms with van der Waals surface area (Å²) in [4.78, 5) is 2.34. The Labute approximate surface area is 125 Å². The second kappa shape index (κ2) is 6.46. The van der Waals surface area contributed by atoms with E-state index in [1.54, 1.807) is 0 Å². The van der Waals surface area contributed by atoms with Gasteiger partial charge in [0.05, 0.1) is 17.2 Å². The highest BCUT2D eigenvalue weighted by atomic mass is 35.5. The fraction of sp³-hybridized carbons (Fsp3) is 0.533. The Morgan fingerprint density at radius 1 is 1.20 bits per heavy atom. The quantitative estimate of drug-likeness (QED) is 0.817. The van der Waals surface area contributed by atoms with Gasteiger partial charge in [-0.15, -0.1) is 11.6 Å². The molecule has 0 aliphatic rings. The Morgan fingerprint density at radius 3 is 2.35 bits per heavy atom. The molecule has 0 aliphatic carbocycles. The highest BCUT2D eigenvalue weighted by Gasteiger charge is 2.18. The largest absolute Gasteiger partial charge is 0.309 e. The Balaban J connectivity index is 2.64. The molecule has 0 radical (unpaired) electrons. The number of hydrogen-bond acceptors (Lipinski definition) is 2. The molecule has 4 nitrogen and oxygen atoms in total. The van der Waals surface area contributed by atoms with E-state index in [-0.39, 0.29) is 6.17 Å². The number of para-hydroxylation sites is 2. The molecule has 0 saturated heterocycles. The van der Waals surface area contributed by atoms with E-state index in [4.69, 9.17) is 17.0 Å². The number of nitrogens with one attached hydrogen (secondary N) is 1. The van der Waals surface area contributed by atoms with Gasteiger partial charge in [0.2, 0.25) is 5.62 Å². The SMILES string of the molecule is CCN(CC)C(C)n1c(=N)n(CCCl)c2ccccc21. The Hall–Kier alpha value is -1.26. The average Bonchev–Trinajstić information content (AvgIpc) is 2.73. The van der Waals surface area contributed by atoms with E-state index in [0.717, 1.165) is 24.1 Å². The molecule has 1 atom stereocenters. The fourth-order valence-electron chi connectivity index (χ4n) is 2.86. The predicted molar refractivity (Wildman–Crippen MR) is 84.1 cm³/mol. The Kier molecular flexibility index (Phi) is 4.89. The van der Waals surface area contributed by atoms with Gasteiger partial charge < -0.3 is 4.57 Å². The number of nitrogens with zero attached hydrogens (tertiary/aromatic N) is 3. The molecule has 1 heterocycles. The van der Waals surface area contributed by atoms with Crippen molar-refractivity contribution >= 4 is 22.6 Å². The van der Waals surface area contributed by atoms with Crippen LogP contribution in [0.15, 0.2) is 24.3 Å². The smallest absolute Gasteiger partial charge is 0.204 e. The zero-order valence-corrected chi connectivity index (χ0v) is 13.2. The number of aryl methyl sites for hydroxylation is 1. The monoisotopic (exact) mass is 294 g/mol. The summed E-state index contributed by atoms with van der Waals surface area (Å²) in [5, 5.41) is 8.49. The van der Waals surface area contributed by atoms with Gasteiger partial charge in [-0.1, -0.05) is 26.0 Å². The van der Waals surface area contributed by atoms with Gasteiger partial charge in [0.15, 0.2) is 0 Å². The van der Waals surface area contributed by atoms with E-state index < -0.39 is 0 Å². The van der Waals surface area contributed by atoms with Gasteiger partial charge in [-0.2, -0.15) is 0 Å². The molecule has 0 saturated carbocycles. The molecular weight excluding hydrogens is 272 g/mol. The van der Waals surface area contributed by atoms with Crippen LogP contribution in [-0.4, -0.2) is 33.0 Å². The lowest BCUT2D eigenvalue weighted by atomic mass is 10.3. The second-order valence-electron chi connectivity index (χ2n) is 4.88. The molecule has 1 aromatic heterocycles. The fourth-order valence-corrected chi connectivity index (χ4v) is 3.03. The summed E-state index contributed by atoms with van der Waals surface area (Å²) in [5.41, 5.74) is 2.70. The lowest BCUT2D eigenvalue weighted by Crippen LogP contribution is -2.37. The number of imidazole rings is 1. The summed E-state index contributed by atoms with van der Waals surface area (Å²) in [7, 11) is 0. The molecule has 1 aromatic carbocycles. The van der Waals surface area contributed by atoms with Crippen molar-refractivity contribution in [2.24, 2.45) is 0 Å². The zero-order chi connectivity index (χ0) is 14.7. The molecule has 110 valence electrons. The van der Waals surface area contributed by atoms with E-state index in [9.17, 15) is 0 Å². The van der Waals surface area contributed by atoms with Crippen LogP contribution < -0.4 is 5.62 Å². The van der Waals surface area contributed by atoms with Crippen LogP contribution >= 0.6 is 11.6 Å². The van der Waals surface area contributed by atoms with Crippen LogP contribution in [0, 0.1) is 5.41 Å². The first-order valence-electron chi connectivity index (χ1n) is 7.20. The van der Waals surface area contributed by atoms with Crippen molar-refractivity contribution < 1.29 is 0 Å². The molecule has 1 N–H and O–H groups in total. The van der Waals surface area contributed by atoms with Crippen LogP contribution in [0.25, 0.3) is 11.0 Å². The van der Waals surface area contributed by atoms with Crippen molar-refractivity contribution in [1.82, 2.24) is 14.0 Å². The lowest BCUT2D eigenvalue weighted by molar-refractivity contribution is 0.170. The van der Waals surface area contributed by atoms with Gasteiger partial charge in [0.1, 0.15) is 0 Å². The minimum Gasteiger partial charge on any atom is -0.309 e. The molecule has 0 fully saturated rings. The van der Waals surface area contributed by atoms with Crippen LogP contribution in [0.1, 0.15) is 26.9 Å². The highest BCUT2D eigenvalue weighted by Crippen LogP contribution is 2.19. The highest BCUT2D eigenvalue weighted by molar-refractivity contribution is 6.17. The summed E-state index contributed by atoms with van der Waals surface area (Å²) in [6, 6.07) is 8.18. The van der Waals surface area contributed by atoms with Crippen molar-refractivity contribution in [2.75, 3.05) is 19.0 Å². The molecular formula is C15H23ClN4. The third-order valence-corrected chi connectivity index (χ3v) is 4.11. The molecule has 2 rings (SSSR count). The maximum Gasteiger partial charge on any atom is 0.204 e. The maximum atomic E-state index is 8.49. The number of benzene rings is 1. The van der Waals surface area contributed by atoms with Crippen LogP contribution in [-0.2, 0) is 6.54 Å². The van der Waals surface area contributed by atoms with Crippen LogP contribution in [0.3, 0.4) is 0 Å². The van der Waals surface area contributed by atoms with Gasteiger partial charge in [-0.3, -0.25) is 14.9 Å². The normalized spacial score (nSPS) is 13.2. The minimum atomic E-state index is 0.166. The molecule has 0 amide bonds. The van der Waals surface area contributed by atoms with Crippen LogP contribution in [0.5, 0.6) is 0 Å². The number of hydrogen-bond donors (Lipinski definition) is 1. The van der Waals surface area contributed by atoms with E-state index in [2.05, 4.69) is 42.4 Å². The summed E-state index contributed by atoms with van der Waals surface area (Å²) < 4.78 is 4.08. The minimum absolute atomic E-state index is 0.166. The predicted octanol–water partition coefficient (Wildman–Crippen LogP) is 3.02. The first-order chi connectivity index (χ1) is 9.65. The number of aromatic nitrogens is 2. The molecule has 0 aliphatic heterocycles. The lowest BCUT2D eigenvalue weighted by Gasteiger charge is -2.27. The van der Waals surface area contributed by atoms with Crippen molar-refractivity contribution in [3.63, 3.8) is 0 Å². The third-order valence-electron chi connectivity index (χ3n) is 3.94. The van der Waals surface area contributed by atoms with E-state index in [0.29, 0.717) is 18.0 Å². The van der Waals surface area contributed by atoms with Crippen molar-refractivity contribution in [3.8, 4) is 0 Å². The number of halogens is 1. The molecule has 20 heavy (non-hydrogen) atoms. The van der Waals surface area contributed by atoms with E-state index >= 15 is 0 Å². The Morgan fingerprint density at radius 2 is 1.80 bits per heavy atom. The van der Waals surface area contributed by atoms with Crippen LogP contribution in [0.4, 0.5) is 0 Å². The number of fused-ring (bicyclic) bond motifs is 1. The molecule has 2 aromatic rings. The van der Waals surface area contributed by atoms with Crippen molar-refractivity contribution in [2.45, 2.75) is 33.5 Å². The zero-order valence-electron chi connectivity index (χ0n) is 12.4. The Bertz CT molecular complexity index is 624. The van der Waals surface area contributed by atoms with Gasteiger partial charge in [-0.05, 0) is 32.1 Å².